The van der Waals surface area contributed by atoms with Crippen LogP contribution in [0.15, 0.2) is 0 Å². The second kappa shape index (κ2) is 4.27. The average Bonchev–Trinajstić information content (AvgIpc) is 2.17. The quantitative estimate of drug-likeness (QED) is 0.405. The summed E-state index contributed by atoms with van der Waals surface area (Å²) in [5.74, 6) is 2.15. The molecule has 2 fully saturated rings. The van der Waals surface area contributed by atoms with Gasteiger partial charge in [0.25, 0.3) is 0 Å². The summed E-state index contributed by atoms with van der Waals surface area (Å²) in [5, 5.41) is 0. The first-order valence-corrected chi connectivity index (χ1v) is 6.71. The summed E-state index contributed by atoms with van der Waals surface area (Å²) in [4.78, 5) is 2.62. The van der Waals surface area contributed by atoms with Gasteiger partial charge < -0.3 is 0 Å². The van der Waals surface area contributed by atoms with Gasteiger partial charge in [-0.05, 0) is 31.2 Å². The van der Waals surface area contributed by atoms with Gasteiger partial charge in [0.1, 0.15) is 0 Å². The molecule has 2 rings (SSSR count). The maximum atomic E-state index is 2.62. The van der Waals surface area contributed by atoms with Gasteiger partial charge >= 0.3 is 0 Å². The SMILES string of the molecule is ICN1CCC2CCCCC2C1. The molecule has 0 N–H and O–H groups in total. The Kier molecular flexibility index (Phi) is 3.29. The van der Waals surface area contributed by atoms with Crippen molar-refractivity contribution in [2.45, 2.75) is 32.1 Å². The Morgan fingerprint density at radius 3 is 2.58 bits per heavy atom. The fourth-order valence-electron chi connectivity index (χ4n) is 2.78. The molecule has 1 saturated heterocycles. The molecule has 0 aromatic rings. The number of alkyl halides is 1. The third-order valence-electron chi connectivity index (χ3n) is 3.54. The molecule has 0 aromatic carbocycles. The van der Waals surface area contributed by atoms with E-state index in [1.807, 2.05) is 0 Å². The predicted molar refractivity (Wildman–Crippen MR) is 60.5 cm³/mol. The summed E-state index contributed by atoms with van der Waals surface area (Å²) >= 11 is 2.50. The van der Waals surface area contributed by atoms with Crippen molar-refractivity contribution in [3.63, 3.8) is 0 Å². The van der Waals surface area contributed by atoms with Crippen LogP contribution in [0.5, 0.6) is 0 Å². The van der Waals surface area contributed by atoms with Gasteiger partial charge in [0.15, 0.2) is 0 Å². The summed E-state index contributed by atoms with van der Waals surface area (Å²) in [5.41, 5.74) is 0. The van der Waals surface area contributed by atoms with Gasteiger partial charge in [-0.1, -0.05) is 41.9 Å². The van der Waals surface area contributed by atoms with Crippen molar-refractivity contribution in [3.8, 4) is 0 Å². The fraction of sp³-hybridized carbons (Fsp3) is 1.00. The van der Waals surface area contributed by atoms with Crippen LogP contribution in [-0.4, -0.2) is 22.5 Å². The lowest BCUT2D eigenvalue weighted by Gasteiger charge is -2.40. The highest BCUT2D eigenvalue weighted by molar-refractivity contribution is 14.1. The van der Waals surface area contributed by atoms with E-state index in [2.05, 4.69) is 27.5 Å². The van der Waals surface area contributed by atoms with Crippen molar-refractivity contribution in [1.29, 1.82) is 0 Å². The number of nitrogens with zero attached hydrogens (tertiary/aromatic N) is 1. The Balaban J connectivity index is 1.90. The monoisotopic (exact) mass is 279 g/mol. The van der Waals surface area contributed by atoms with Gasteiger partial charge in [0, 0.05) is 6.54 Å². The van der Waals surface area contributed by atoms with Crippen molar-refractivity contribution in [2.24, 2.45) is 11.8 Å². The number of halogens is 1. The fourth-order valence-corrected chi connectivity index (χ4v) is 3.40. The molecule has 1 saturated carbocycles. The van der Waals surface area contributed by atoms with Crippen LogP contribution in [0.3, 0.4) is 0 Å². The van der Waals surface area contributed by atoms with Crippen LogP contribution in [0.4, 0.5) is 0 Å². The highest BCUT2D eigenvalue weighted by Gasteiger charge is 2.30. The van der Waals surface area contributed by atoms with Gasteiger partial charge in [0.05, 0.1) is 4.55 Å². The van der Waals surface area contributed by atoms with Gasteiger partial charge in [0.2, 0.25) is 0 Å². The summed E-state index contributed by atoms with van der Waals surface area (Å²) in [6.45, 7) is 2.76. The Hall–Kier alpha value is 0.690. The lowest BCUT2D eigenvalue weighted by molar-refractivity contribution is 0.103. The first-order valence-electron chi connectivity index (χ1n) is 5.18. The van der Waals surface area contributed by atoms with Crippen LogP contribution in [-0.2, 0) is 0 Å². The Labute approximate surface area is 89.0 Å². The number of hydrogen-bond acceptors (Lipinski definition) is 1. The van der Waals surface area contributed by atoms with E-state index in [0.717, 1.165) is 11.8 Å². The van der Waals surface area contributed by atoms with Crippen molar-refractivity contribution in [3.05, 3.63) is 0 Å². The Bertz CT molecular complexity index is 149. The standard InChI is InChI=1S/C10H18IN/c11-8-12-6-5-9-3-1-2-4-10(9)7-12/h9-10H,1-8H2. The molecule has 1 aliphatic carbocycles. The first kappa shape index (κ1) is 9.25. The normalized spacial score (nSPS) is 37.8. The molecule has 1 aliphatic heterocycles. The van der Waals surface area contributed by atoms with E-state index < -0.39 is 0 Å². The van der Waals surface area contributed by atoms with Gasteiger partial charge in [-0.2, -0.15) is 0 Å². The largest absolute Gasteiger partial charge is 0.294 e. The highest BCUT2D eigenvalue weighted by atomic mass is 127. The van der Waals surface area contributed by atoms with Crippen LogP contribution in [0.2, 0.25) is 0 Å². The van der Waals surface area contributed by atoms with Crippen LogP contribution >= 0.6 is 22.6 Å². The van der Waals surface area contributed by atoms with E-state index in [1.54, 1.807) is 0 Å². The van der Waals surface area contributed by atoms with E-state index in [4.69, 9.17) is 0 Å². The third kappa shape index (κ3) is 1.95. The lowest BCUT2D eigenvalue weighted by Crippen LogP contribution is -2.40. The second-order valence-electron chi connectivity index (χ2n) is 4.29. The molecule has 2 atom stereocenters. The van der Waals surface area contributed by atoms with E-state index in [0.29, 0.717) is 0 Å². The van der Waals surface area contributed by atoms with E-state index in [-0.39, 0.29) is 0 Å². The smallest absolute Gasteiger partial charge is 0.0505 e. The molecule has 1 nitrogen and oxygen atoms in total. The molecule has 0 aromatic heterocycles. The zero-order chi connectivity index (χ0) is 8.39. The van der Waals surface area contributed by atoms with E-state index >= 15 is 0 Å². The van der Waals surface area contributed by atoms with Gasteiger partial charge in [-0.25, -0.2) is 0 Å². The Morgan fingerprint density at radius 2 is 1.83 bits per heavy atom. The summed E-state index contributed by atoms with van der Waals surface area (Å²) in [6.07, 6.45) is 7.52. The van der Waals surface area contributed by atoms with Crippen LogP contribution in [0.1, 0.15) is 32.1 Å². The summed E-state index contributed by atoms with van der Waals surface area (Å²) < 4.78 is 1.24. The topological polar surface area (TPSA) is 3.24 Å². The lowest BCUT2D eigenvalue weighted by atomic mass is 9.75. The molecule has 0 radical (unpaired) electrons. The summed E-state index contributed by atoms with van der Waals surface area (Å²) in [6, 6.07) is 0. The number of fused-ring (bicyclic) bond motifs is 1. The number of piperidine rings is 1. The maximum absolute atomic E-state index is 2.62. The molecule has 70 valence electrons. The molecule has 2 heteroatoms. The van der Waals surface area contributed by atoms with Crippen LogP contribution in [0, 0.1) is 11.8 Å². The van der Waals surface area contributed by atoms with Crippen molar-refractivity contribution < 1.29 is 0 Å². The molecule has 2 unspecified atom stereocenters. The Morgan fingerprint density at radius 1 is 1.08 bits per heavy atom. The second-order valence-corrected chi connectivity index (χ2v) is 4.97. The van der Waals surface area contributed by atoms with Crippen molar-refractivity contribution >= 4 is 22.6 Å². The molecular formula is C10H18IN. The first-order chi connectivity index (χ1) is 5.90. The zero-order valence-corrected chi connectivity index (χ0v) is 9.79. The molecular weight excluding hydrogens is 261 g/mol. The molecule has 12 heavy (non-hydrogen) atoms. The third-order valence-corrected chi connectivity index (χ3v) is 4.51. The van der Waals surface area contributed by atoms with Crippen LogP contribution < -0.4 is 0 Å². The van der Waals surface area contributed by atoms with Crippen molar-refractivity contribution in [1.82, 2.24) is 4.90 Å². The highest BCUT2D eigenvalue weighted by Crippen LogP contribution is 2.35. The molecule has 0 amide bonds. The minimum absolute atomic E-state index is 1.06. The minimum atomic E-state index is 1.06. The number of likely N-dealkylation sites (tertiary alicyclic amines) is 1. The molecule has 0 bridgehead atoms. The zero-order valence-electron chi connectivity index (χ0n) is 7.64. The van der Waals surface area contributed by atoms with Gasteiger partial charge in [-0.3, -0.25) is 4.90 Å². The van der Waals surface area contributed by atoms with E-state index in [1.165, 1.54) is 49.7 Å². The van der Waals surface area contributed by atoms with Crippen molar-refractivity contribution in [2.75, 3.05) is 17.6 Å². The predicted octanol–water partition coefficient (Wildman–Crippen LogP) is 2.89. The van der Waals surface area contributed by atoms with Gasteiger partial charge in [-0.15, -0.1) is 0 Å². The molecule has 0 spiro atoms. The molecule has 2 aliphatic rings. The van der Waals surface area contributed by atoms with E-state index in [9.17, 15) is 0 Å². The minimum Gasteiger partial charge on any atom is -0.294 e. The van der Waals surface area contributed by atoms with Crippen LogP contribution in [0.25, 0.3) is 0 Å². The maximum Gasteiger partial charge on any atom is 0.0505 e. The average molecular weight is 279 g/mol. The molecule has 1 heterocycles. The number of hydrogen-bond donors (Lipinski definition) is 0. The number of rotatable bonds is 1. The summed E-state index contributed by atoms with van der Waals surface area (Å²) in [7, 11) is 0.